The van der Waals surface area contributed by atoms with Gasteiger partial charge in [-0.2, -0.15) is 0 Å². The highest BCUT2D eigenvalue weighted by atomic mass is 35.5. The molecule has 0 aromatic carbocycles. The number of hydrogen-bond acceptors (Lipinski definition) is 2. The van der Waals surface area contributed by atoms with Crippen LogP contribution in [0.4, 0.5) is 0 Å². The van der Waals surface area contributed by atoms with E-state index in [1.165, 1.54) is 0 Å². The Labute approximate surface area is 73.6 Å². The van der Waals surface area contributed by atoms with Crippen LogP contribution in [-0.4, -0.2) is 23.7 Å². The maximum atomic E-state index is 10.5. The molecule has 0 bridgehead atoms. The van der Waals surface area contributed by atoms with Crippen molar-refractivity contribution in [2.24, 2.45) is 5.92 Å². The van der Waals surface area contributed by atoms with E-state index in [0.717, 1.165) is 0 Å². The van der Waals surface area contributed by atoms with Crippen LogP contribution in [0.1, 0.15) is 20.8 Å². The van der Waals surface area contributed by atoms with Gasteiger partial charge >= 0.3 is 5.97 Å². The molecule has 0 aliphatic carbocycles. The third-order valence-electron chi connectivity index (χ3n) is 1.36. The highest BCUT2D eigenvalue weighted by molar-refractivity contribution is 5.85. The van der Waals surface area contributed by atoms with Crippen molar-refractivity contribution in [2.45, 2.75) is 26.8 Å². The lowest BCUT2D eigenvalue weighted by atomic mass is 10.1. The summed E-state index contributed by atoms with van der Waals surface area (Å²) in [5.41, 5.74) is 0. The minimum Gasteiger partial charge on any atom is -0.480 e. The summed E-state index contributed by atoms with van der Waals surface area (Å²) in [7, 11) is 0. The first kappa shape index (κ1) is 13.3. The van der Waals surface area contributed by atoms with Crippen LogP contribution in [0.3, 0.4) is 0 Å². The number of aliphatic carboxylic acids is 1. The van der Waals surface area contributed by atoms with E-state index < -0.39 is 12.0 Å². The first-order valence-electron chi connectivity index (χ1n) is 3.55. The molecule has 0 radical (unpaired) electrons. The van der Waals surface area contributed by atoms with E-state index in [4.69, 9.17) is 5.11 Å². The van der Waals surface area contributed by atoms with Crippen LogP contribution in [0.5, 0.6) is 0 Å². The van der Waals surface area contributed by atoms with Gasteiger partial charge in [0, 0.05) is 0 Å². The quantitative estimate of drug-likeness (QED) is 0.684. The van der Waals surface area contributed by atoms with Gasteiger partial charge in [0.25, 0.3) is 0 Å². The molecule has 0 rings (SSSR count). The van der Waals surface area contributed by atoms with E-state index in [-0.39, 0.29) is 18.3 Å². The zero-order valence-electron chi connectivity index (χ0n) is 7.13. The molecule has 4 heteroatoms. The van der Waals surface area contributed by atoms with Gasteiger partial charge in [-0.05, 0) is 12.5 Å². The topological polar surface area (TPSA) is 49.3 Å². The lowest BCUT2D eigenvalue weighted by molar-refractivity contribution is -0.140. The summed E-state index contributed by atoms with van der Waals surface area (Å²) in [4.78, 5) is 10.5. The summed E-state index contributed by atoms with van der Waals surface area (Å²) in [6.45, 7) is 6.39. The molecule has 0 saturated heterocycles. The van der Waals surface area contributed by atoms with Gasteiger partial charge in [-0.1, -0.05) is 20.8 Å². The van der Waals surface area contributed by atoms with Crippen molar-refractivity contribution in [3.05, 3.63) is 0 Å². The van der Waals surface area contributed by atoms with Crippen molar-refractivity contribution in [2.75, 3.05) is 6.54 Å². The van der Waals surface area contributed by atoms with E-state index >= 15 is 0 Å². The fraction of sp³-hybridized carbons (Fsp3) is 0.857. The van der Waals surface area contributed by atoms with Crippen molar-refractivity contribution < 1.29 is 9.90 Å². The second kappa shape index (κ2) is 6.43. The first-order chi connectivity index (χ1) is 4.59. The lowest BCUT2D eigenvalue weighted by Crippen LogP contribution is -2.40. The molecule has 1 atom stereocenters. The molecule has 0 spiro atoms. The molecule has 0 aliphatic rings. The zero-order chi connectivity index (χ0) is 8.15. The van der Waals surface area contributed by atoms with Crippen LogP contribution in [0.2, 0.25) is 0 Å². The molecule has 68 valence electrons. The Bertz CT molecular complexity index is 117. The van der Waals surface area contributed by atoms with Crippen molar-refractivity contribution in [3.8, 4) is 0 Å². The monoisotopic (exact) mass is 181 g/mol. The molecule has 0 aromatic heterocycles. The molecule has 0 aliphatic heterocycles. The van der Waals surface area contributed by atoms with Gasteiger partial charge in [-0.3, -0.25) is 4.79 Å². The normalized spacial score (nSPS) is 12.4. The van der Waals surface area contributed by atoms with Crippen molar-refractivity contribution in [1.29, 1.82) is 0 Å². The molecule has 1 unspecified atom stereocenters. The van der Waals surface area contributed by atoms with Gasteiger partial charge in [0.2, 0.25) is 0 Å². The largest absolute Gasteiger partial charge is 0.480 e. The van der Waals surface area contributed by atoms with E-state index in [0.29, 0.717) is 6.54 Å². The predicted octanol–water partition coefficient (Wildman–Crippen LogP) is 1.13. The number of likely N-dealkylation sites (N-methyl/N-ethyl adjacent to an activating group) is 1. The summed E-state index contributed by atoms with van der Waals surface area (Å²) < 4.78 is 0. The Hall–Kier alpha value is -0.280. The summed E-state index contributed by atoms with van der Waals surface area (Å²) in [6.07, 6.45) is 0. The van der Waals surface area contributed by atoms with Crippen molar-refractivity contribution in [1.82, 2.24) is 5.32 Å². The third kappa shape index (κ3) is 5.04. The third-order valence-corrected chi connectivity index (χ3v) is 1.36. The standard InChI is InChI=1S/C7H15NO2.ClH/c1-4-8-6(5(2)3)7(9)10;/h5-6,8H,4H2,1-3H3,(H,9,10);1H. The SMILES string of the molecule is CCNC(C(=O)O)C(C)C.Cl. The van der Waals surface area contributed by atoms with Gasteiger partial charge in [0.15, 0.2) is 0 Å². The maximum Gasteiger partial charge on any atom is 0.320 e. The Morgan fingerprint density at radius 2 is 2.00 bits per heavy atom. The van der Waals surface area contributed by atoms with Gasteiger partial charge in [-0.25, -0.2) is 0 Å². The fourth-order valence-electron chi connectivity index (χ4n) is 0.828. The summed E-state index contributed by atoms with van der Waals surface area (Å²) in [6, 6.07) is -0.398. The molecule has 0 saturated carbocycles. The highest BCUT2D eigenvalue weighted by Crippen LogP contribution is 2.00. The molecule has 0 heterocycles. The molecular formula is C7H16ClNO2. The minimum atomic E-state index is -0.767. The smallest absolute Gasteiger partial charge is 0.320 e. The number of rotatable bonds is 4. The van der Waals surface area contributed by atoms with Gasteiger partial charge in [0.05, 0.1) is 0 Å². The van der Waals surface area contributed by atoms with Crippen LogP contribution in [0.15, 0.2) is 0 Å². The van der Waals surface area contributed by atoms with Crippen molar-refractivity contribution >= 4 is 18.4 Å². The molecule has 0 aromatic rings. The number of halogens is 1. The molecule has 3 nitrogen and oxygen atoms in total. The number of carbonyl (C=O) groups is 1. The number of hydrogen-bond donors (Lipinski definition) is 2. The van der Waals surface area contributed by atoms with Crippen LogP contribution in [0, 0.1) is 5.92 Å². The zero-order valence-corrected chi connectivity index (χ0v) is 7.94. The molecule has 0 amide bonds. The second-order valence-electron chi connectivity index (χ2n) is 2.62. The van der Waals surface area contributed by atoms with Gasteiger partial charge < -0.3 is 10.4 Å². The van der Waals surface area contributed by atoms with Crippen LogP contribution < -0.4 is 5.32 Å². The van der Waals surface area contributed by atoms with E-state index in [1.54, 1.807) is 0 Å². The van der Waals surface area contributed by atoms with Crippen LogP contribution in [-0.2, 0) is 4.79 Å². The number of carboxylic acids is 1. The lowest BCUT2D eigenvalue weighted by Gasteiger charge is -2.15. The number of carboxylic acid groups (broad SMARTS) is 1. The average Bonchev–Trinajstić information content (AvgIpc) is 1.81. The second-order valence-corrected chi connectivity index (χ2v) is 2.62. The van der Waals surface area contributed by atoms with E-state index in [9.17, 15) is 4.79 Å². The Kier molecular flexibility index (Phi) is 7.79. The summed E-state index contributed by atoms with van der Waals surface area (Å²) in [5.74, 6) is -0.616. The fourth-order valence-corrected chi connectivity index (χ4v) is 0.828. The van der Waals surface area contributed by atoms with Gasteiger partial charge in [0.1, 0.15) is 6.04 Å². The Morgan fingerprint density at radius 3 is 2.09 bits per heavy atom. The maximum absolute atomic E-state index is 10.5. The Morgan fingerprint density at radius 1 is 1.55 bits per heavy atom. The van der Waals surface area contributed by atoms with E-state index in [1.807, 2.05) is 20.8 Å². The van der Waals surface area contributed by atoms with Gasteiger partial charge in [-0.15, -0.1) is 12.4 Å². The van der Waals surface area contributed by atoms with Crippen LogP contribution >= 0.6 is 12.4 Å². The first-order valence-corrected chi connectivity index (χ1v) is 3.55. The van der Waals surface area contributed by atoms with E-state index in [2.05, 4.69) is 5.32 Å². The highest BCUT2D eigenvalue weighted by Gasteiger charge is 2.18. The molecule has 0 fully saturated rings. The predicted molar refractivity (Wildman–Crippen MR) is 47.2 cm³/mol. The minimum absolute atomic E-state index is 0. The van der Waals surface area contributed by atoms with Crippen molar-refractivity contribution in [3.63, 3.8) is 0 Å². The summed E-state index contributed by atoms with van der Waals surface area (Å²) in [5, 5.41) is 11.5. The van der Waals surface area contributed by atoms with Crippen LogP contribution in [0.25, 0.3) is 0 Å². The molecular weight excluding hydrogens is 166 g/mol. The molecule has 11 heavy (non-hydrogen) atoms. The summed E-state index contributed by atoms with van der Waals surface area (Å²) >= 11 is 0. The number of nitrogens with one attached hydrogen (secondary N) is 1. The average molecular weight is 182 g/mol. The Balaban J connectivity index is 0. The molecule has 2 N–H and O–H groups in total.